The van der Waals surface area contributed by atoms with Crippen LogP contribution < -0.4 is 4.74 Å². The van der Waals surface area contributed by atoms with Crippen LogP contribution in [0.25, 0.3) is 38.9 Å². The molecule has 0 saturated carbocycles. The largest absolute Gasteiger partial charge is 0.457 e. The molecule has 1 aliphatic heterocycles. The molecule has 0 radical (unpaired) electrons. The summed E-state index contributed by atoms with van der Waals surface area (Å²) in [6.45, 7) is 4.47. The fourth-order valence-electron chi connectivity index (χ4n) is 6.44. The van der Waals surface area contributed by atoms with Crippen LogP contribution in [0.3, 0.4) is 0 Å². The monoisotopic (exact) mass is 561 g/mol. The lowest BCUT2D eigenvalue weighted by atomic mass is 9.75. The van der Waals surface area contributed by atoms with E-state index in [1.807, 2.05) is 91.0 Å². The lowest BCUT2D eigenvalue weighted by Gasteiger charge is -2.34. The highest BCUT2D eigenvalue weighted by Crippen LogP contribution is 2.50. The number of fused-ring (bicyclic) bond motifs is 5. The van der Waals surface area contributed by atoms with Crippen LogP contribution in [-0.2, 0) is 5.41 Å². The molecule has 4 aromatic carbocycles. The van der Waals surface area contributed by atoms with E-state index in [2.05, 4.69) is 47.7 Å². The Morgan fingerprint density at radius 3 is 2.23 bits per heavy atom. The van der Waals surface area contributed by atoms with Crippen molar-refractivity contribution in [1.82, 2.24) is 14.5 Å². The van der Waals surface area contributed by atoms with Gasteiger partial charge in [0.2, 0.25) is 0 Å². The normalized spacial score (nSPS) is 14.2. The summed E-state index contributed by atoms with van der Waals surface area (Å²) in [4.78, 5) is 9.16. The fraction of sp³-hybridized carbons (Fsp3) is 0.105. The second kappa shape index (κ2) is 9.63. The molecular weight excluding hydrogens is 533 g/mol. The summed E-state index contributed by atoms with van der Waals surface area (Å²) in [5.74, 6) is 2.50. The molecule has 208 valence electrons. The number of nitrogens with zero attached hydrogens (tertiary/aromatic N) is 3. The average Bonchev–Trinajstić information content (AvgIpc) is 3.37. The molecule has 0 N–H and O–H groups in total. The first kappa shape index (κ1) is 25.4. The minimum absolute atomic E-state index is 0.266. The second-order valence-electron chi connectivity index (χ2n) is 11.6. The van der Waals surface area contributed by atoms with E-state index in [-0.39, 0.29) is 5.41 Å². The molecule has 0 bridgehead atoms. The van der Waals surface area contributed by atoms with Gasteiger partial charge in [0.1, 0.15) is 17.3 Å². The van der Waals surface area contributed by atoms with Crippen molar-refractivity contribution in [1.29, 1.82) is 0 Å². The number of alkyl halides is 1. The van der Waals surface area contributed by atoms with Gasteiger partial charge in [-0.1, -0.05) is 74.5 Å². The van der Waals surface area contributed by atoms with Gasteiger partial charge in [-0.15, -0.1) is 0 Å². The summed E-state index contributed by atoms with van der Waals surface area (Å²) in [6, 6.07) is 37.7. The predicted molar refractivity (Wildman–Crippen MR) is 170 cm³/mol. The zero-order valence-corrected chi connectivity index (χ0v) is 23.8. The lowest BCUT2D eigenvalue weighted by Crippen LogP contribution is -2.24. The van der Waals surface area contributed by atoms with Gasteiger partial charge in [-0.25, -0.2) is 9.37 Å². The van der Waals surface area contributed by atoms with Crippen molar-refractivity contribution < 1.29 is 9.13 Å². The molecule has 0 amide bonds. The molecule has 0 saturated heterocycles. The summed E-state index contributed by atoms with van der Waals surface area (Å²) >= 11 is 0. The minimum atomic E-state index is -1.31. The Morgan fingerprint density at radius 2 is 1.42 bits per heavy atom. The average molecular weight is 562 g/mol. The number of halogens is 1. The number of hydrogen-bond donors (Lipinski definition) is 0. The third-order valence-corrected chi connectivity index (χ3v) is 8.66. The molecule has 1 aliphatic rings. The van der Waals surface area contributed by atoms with Crippen LogP contribution in [0.4, 0.5) is 4.39 Å². The minimum Gasteiger partial charge on any atom is -0.457 e. The molecule has 4 nitrogen and oxygen atoms in total. The summed E-state index contributed by atoms with van der Waals surface area (Å²) in [5.41, 5.74) is 6.77. The van der Waals surface area contributed by atoms with Crippen LogP contribution in [0.1, 0.15) is 42.3 Å². The third kappa shape index (κ3) is 4.03. The molecule has 1 unspecified atom stereocenters. The van der Waals surface area contributed by atoms with Crippen molar-refractivity contribution in [3.63, 3.8) is 0 Å². The lowest BCUT2D eigenvalue weighted by molar-refractivity contribution is 0.402. The Labute approximate surface area is 249 Å². The van der Waals surface area contributed by atoms with E-state index in [1.165, 1.54) is 0 Å². The first-order valence-corrected chi connectivity index (χ1v) is 14.5. The number of pyridine rings is 2. The second-order valence-corrected chi connectivity index (χ2v) is 11.6. The highest BCUT2D eigenvalue weighted by molar-refractivity contribution is 6.10. The zero-order chi connectivity index (χ0) is 29.1. The highest BCUT2D eigenvalue weighted by Gasteiger charge is 2.35. The zero-order valence-electron chi connectivity index (χ0n) is 23.8. The van der Waals surface area contributed by atoms with Crippen LogP contribution >= 0.6 is 0 Å². The molecule has 43 heavy (non-hydrogen) atoms. The van der Waals surface area contributed by atoms with Gasteiger partial charge in [-0.2, -0.15) is 0 Å². The van der Waals surface area contributed by atoms with Gasteiger partial charge < -0.3 is 4.74 Å². The van der Waals surface area contributed by atoms with Crippen molar-refractivity contribution in [3.05, 3.63) is 150 Å². The number of benzene rings is 4. The number of hydrogen-bond acceptors (Lipinski definition) is 3. The SMILES string of the molecule is CC1(C)c2ccccc2Oc2cc3c4ccc(C(F)c5cccc(-c6ccccn6)c5)cc4n(-c4ccccn4)c3cc21. The summed E-state index contributed by atoms with van der Waals surface area (Å²) in [5, 5.41) is 2.05. The Bertz CT molecular complexity index is 2150. The highest BCUT2D eigenvalue weighted by atomic mass is 19.1. The quantitative estimate of drug-likeness (QED) is 0.215. The van der Waals surface area contributed by atoms with Crippen LogP contribution in [0.15, 0.2) is 128 Å². The van der Waals surface area contributed by atoms with Crippen molar-refractivity contribution in [2.75, 3.05) is 0 Å². The van der Waals surface area contributed by atoms with Gasteiger partial charge in [0.05, 0.1) is 16.7 Å². The van der Waals surface area contributed by atoms with E-state index in [4.69, 9.17) is 9.72 Å². The van der Waals surface area contributed by atoms with Crippen LogP contribution in [0.5, 0.6) is 11.5 Å². The molecule has 4 heterocycles. The molecule has 5 heteroatoms. The standard InChI is InChI=1S/C38H28FN3O/c1-38(2)29-12-3-4-14-34(29)43-35-22-28-27-17-16-26(37(39)25-11-9-10-24(20-25)31-13-5-7-18-40-31)21-32(27)42(33(28)23-30(35)38)36-15-6-8-19-41-36/h3-23,37H,1-2H3. The third-order valence-electron chi connectivity index (χ3n) is 8.66. The van der Waals surface area contributed by atoms with Crippen molar-refractivity contribution in [3.8, 4) is 28.6 Å². The maximum absolute atomic E-state index is 16.3. The molecule has 8 rings (SSSR count). The molecule has 0 fully saturated rings. The van der Waals surface area contributed by atoms with Gasteiger partial charge in [-0.05, 0) is 65.7 Å². The Hall–Kier alpha value is -5.29. The maximum Gasteiger partial charge on any atom is 0.150 e. The van der Waals surface area contributed by atoms with Gasteiger partial charge in [-0.3, -0.25) is 9.55 Å². The van der Waals surface area contributed by atoms with Crippen LogP contribution in [-0.4, -0.2) is 14.5 Å². The van der Waals surface area contributed by atoms with Gasteiger partial charge >= 0.3 is 0 Å². The number of para-hydroxylation sites is 1. The first-order valence-electron chi connectivity index (χ1n) is 14.5. The van der Waals surface area contributed by atoms with E-state index in [9.17, 15) is 0 Å². The van der Waals surface area contributed by atoms with Crippen molar-refractivity contribution in [2.24, 2.45) is 0 Å². The Balaban J connectivity index is 1.32. The van der Waals surface area contributed by atoms with Crippen molar-refractivity contribution >= 4 is 21.8 Å². The van der Waals surface area contributed by atoms with Gasteiger partial charge in [0.25, 0.3) is 0 Å². The molecule has 7 aromatic rings. The molecular formula is C38H28FN3O. The fourth-order valence-corrected chi connectivity index (χ4v) is 6.44. The number of rotatable bonds is 4. The van der Waals surface area contributed by atoms with Crippen LogP contribution in [0.2, 0.25) is 0 Å². The Kier molecular flexibility index (Phi) is 5.70. The van der Waals surface area contributed by atoms with E-state index < -0.39 is 6.17 Å². The van der Waals surface area contributed by atoms with E-state index in [0.29, 0.717) is 11.1 Å². The van der Waals surface area contributed by atoms with E-state index >= 15 is 4.39 Å². The topological polar surface area (TPSA) is 39.9 Å². The molecule has 1 atom stereocenters. The summed E-state index contributed by atoms with van der Waals surface area (Å²) in [7, 11) is 0. The smallest absolute Gasteiger partial charge is 0.150 e. The summed E-state index contributed by atoms with van der Waals surface area (Å²) in [6.07, 6.45) is 2.23. The van der Waals surface area contributed by atoms with Gasteiger partial charge in [0.15, 0.2) is 6.17 Å². The maximum atomic E-state index is 16.3. The number of ether oxygens (including phenoxy) is 1. The molecule has 0 aliphatic carbocycles. The number of aromatic nitrogens is 3. The van der Waals surface area contributed by atoms with Gasteiger partial charge in [0, 0.05) is 45.3 Å². The van der Waals surface area contributed by atoms with Crippen LogP contribution in [0, 0.1) is 0 Å². The summed E-state index contributed by atoms with van der Waals surface area (Å²) < 4.78 is 24.9. The Morgan fingerprint density at radius 1 is 0.651 bits per heavy atom. The molecule has 0 spiro atoms. The van der Waals surface area contributed by atoms with E-state index in [1.54, 1.807) is 12.4 Å². The predicted octanol–water partition coefficient (Wildman–Crippen LogP) is 9.73. The first-order chi connectivity index (χ1) is 21.0. The molecule has 3 aromatic heterocycles. The van der Waals surface area contributed by atoms with Crippen molar-refractivity contribution in [2.45, 2.75) is 25.4 Å². The van der Waals surface area contributed by atoms with E-state index in [0.717, 1.165) is 61.5 Å².